The molecule has 1 aromatic heterocycles. The van der Waals surface area contributed by atoms with Crippen LogP contribution in [0.25, 0.3) is 16.6 Å². The van der Waals surface area contributed by atoms with Gasteiger partial charge in [-0.15, -0.1) is 0 Å². The largest absolute Gasteiger partial charge is 0.418 e. The van der Waals surface area contributed by atoms with E-state index in [1.165, 1.54) is 51.9 Å². The highest BCUT2D eigenvalue weighted by atomic mass is 19.4. The molecular formula is C31H24F4N4O2. The van der Waals surface area contributed by atoms with Crippen molar-refractivity contribution in [1.29, 1.82) is 0 Å². The first-order valence-corrected chi connectivity index (χ1v) is 12.7. The van der Waals surface area contributed by atoms with Crippen LogP contribution in [0, 0.1) is 5.82 Å². The Kier molecular flexibility index (Phi) is 7.56. The number of amides is 2. The first-order valence-electron chi connectivity index (χ1n) is 12.7. The Labute approximate surface area is 232 Å². The number of para-hydroxylation sites is 2. The summed E-state index contributed by atoms with van der Waals surface area (Å²) in [7, 11) is 0. The summed E-state index contributed by atoms with van der Waals surface area (Å²) in [6, 6.07) is 23.8. The maximum Gasteiger partial charge on any atom is 0.418 e. The quantitative estimate of drug-likeness (QED) is 0.221. The van der Waals surface area contributed by atoms with E-state index < -0.39 is 40.9 Å². The molecule has 5 aromatic rings. The van der Waals surface area contributed by atoms with E-state index in [2.05, 4.69) is 5.32 Å². The van der Waals surface area contributed by atoms with Crippen molar-refractivity contribution in [2.24, 2.45) is 0 Å². The van der Waals surface area contributed by atoms with Gasteiger partial charge in [0.1, 0.15) is 11.6 Å². The molecule has 0 aliphatic heterocycles. The van der Waals surface area contributed by atoms with Gasteiger partial charge in [-0.05, 0) is 61.0 Å². The Morgan fingerprint density at radius 2 is 1.54 bits per heavy atom. The number of halogens is 4. The van der Waals surface area contributed by atoms with Gasteiger partial charge in [0.25, 0.3) is 5.56 Å². The third-order valence-electron chi connectivity index (χ3n) is 6.66. The smallest absolute Gasteiger partial charge is 0.310 e. The van der Waals surface area contributed by atoms with Crippen LogP contribution in [-0.2, 0) is 12.7 Å². The number of aromatic nitrogens is 2. The van der Waals surface area contributed by atoms with Crippen LogP contribution in [0.2, 0.25) is 0 Å². The van der Waals surface area contributed by atoms with Crippen molar-refractivity contribution in [1.82, 2.24) is 14.5 Å². The van der Waals surface area contributed by atoms with Crippen LogP contribution >= 0.6 is 0 Å². The summed E-state index contributed by atoms with van der Waals surface area (Å²) in [6.07, 6.45) is -4.69. The van der Waals surface area contributed by atoms with Crippen molar-refractivity contribution in [3.8, 4) is 5.69 Å². The van der Waals surface area contributed by atoms with Gasteiger partial charge in [-0.2, -0.15) is 13.2 Å². The molecule has 1 atom stereocenters. The summed E-state index contributed by atoms with van der Waals surface area (Å²) in [6.45, 7) is 1.63. The minimum absolute atomic E-state index is 0.00581. The van der Waals surface area contributed by atoms with Gasteiger partial charge < -0.3 is 10.2 Å². The number of alkyl halides is 3. The summed E-state index contributed by atoms with van der Waals surface area (Å²) in [5, 5.41) is 2.72. The lowest BCUT2D eigenvalue weighted by atomic mass is 10.1. The molecule has 0 saturated heterocycles. The number of carbonyl (C=O) groups excluding carboxylic acids is 1. The second-order valence-corrected chi connectivity index (χ2v) is 9.37. The van der Waals surface area contributed by atoms with E-state index in [0.29, 0.717) is 22.2 Å². The minimum Gasteiger partial charge on any atom is -0.310 e. The molecule has 208 valence electrons. The van der Waals surface area contributed by atoms with E-state index in [0.717, 1.165) is 6.07 Å². The van der Waals surface area contributed by atoms with Gasteiger partial charge in [0, 0.05) is 6.54 Å². The SMILES string of the molecule is CC(c1nc2ccccc2c(=O)n1-c1ccc(F)cc1)N(Cc1ccccc1)C(=O)Nc1ccccc1C(F)(F)F. The molecule has 41 heavy (non-hydrogen) atoms. The predicted octanol–water partition coefficient (Wildman–Crippen LogP) is 7.34. The molecule has 2 amide bonds. The molecular weight excluding hydrogens is 536 g/mol. The number of nitrogens with zero attached hydrogens (tertiary/aromatic N) is 3. The third-order valence-corrected chi connectivity index (χ3v) is 6.66. The van der Waals surface area contributed by atoms with Crippen LogP contribution in [0.1, 0.15) is 29.9 Å². The maximum atomic E-state index is 13.8. The lowest BCUT2D eigenvalue weighted by Crippen LogP contribution is -2.39. The number of anilines is 1. The highest BCUT2D eigenvalue weighted by Crippen LogP contribution is 2.35. The second-order valence-electron chi connectivity index (χ2n) is 9.37. The molecule has 5 rings (SSSR count). The summed E-state index contributed by atoms with van der Waals surface area (Å²) >= 11 is 0. The number of benzene rings is 4. The molecule has 0 aliphatic rings. The highest BCUT2D eigenvalue weighted by Gasteiger charge is 2.35. The van der Waals surface area contributed by atoms with Gasteiger partial charge in [-0.1, -0.05) is 54.6 Å². The van der Waals surface area contributed by atoms with E-state index in [9.17, 15) is 27.2 Å². The van der Waals surface area contributed by atoms with E-state index in [1.807, 2.05) is 0 Å². The topological polar surface area (TPSA) is 67.2 Å². The molecule has 0 radical (unpaired) electrons. The van der Waals surface area contributed by atoms with Crippen molar-refractivity contribution in [2.45, 2.75) is 25.7 Å². The molecule has 0 bridgehead atoms. The highest BCUT2D eigenvalue weighted by molar-refractivity contribution is 5.90. The van der Waals surface area contributed by atoms with Gasteiger partial charge in [0.2, 0.25) is 0 Å². The van der Waals surface area contributed by atoms with Crippen LogP contribution in [0.5, 0.6) is 0 Å². The lowest BCUT2D eigenvalue weighted by Gasteiger charge is -2.31. The molecule has 0 aliphatic carbocycles. The number of carbonyl (C=O) groups is 1. The van der Waals surface area contributed by atoms with Crippen molar-refractivity contribution in [3.63, 3.8) is 0 Å². The van der Waals surface area contributed by atoms with Crippen LogP contribution < -0.4 is 10.9 Å². The summed E-state index contributed by atoms with van der Waals surface area (Å²) in [5.41, 5.74) is -0.439. The van der Waals surface area contributed by atoms with E-state index in [-0.39, 0.29) is 12.4 Å². The summed E-state index contributed by atoms with van der Waals surface area (Å²) in [4.78, 5) is 33.5. The Bertz CT molecular complexity index is 1750. The fourth-order valence-electron chi connectivity index (χ4n) is 4.60. The van der Waals surface area contributed by atoms with E-state index in [1.54, 1.807) is 61.5 Å². The first-order chi connectivity index (χ1) is 19.6. The molecule has 1 unspecified atom stereocenters. The molecule has 0 spiro atoms. The molecule has 0 fully saturated rings. The molecule has 6 nitrogen and oxygen atoms in total. The third kappa shape index (κ3) is 5.81. The average molecular weight is 561 g/mol. The summed E-state index contributed by atoms with van der Waals surface area (Å²) < 4.78 is 56.1. The number of hydrogen-bond acceptors (Lipinski definition) is 3. The standard InChI is InChI=1S/C31H24F4N4O2/c1-20(28-36-26-13-7-5-11-24(26)29(40)39(28)23-17-15-22(32)16-18-23)38(19-21-9-3-2-4-10-21)30(41)37-27-14-8-6-12-25(27)31(33,34)35/h2-18,20H,19H2,1H3,(H,37,41). The molecule has 1 heterocycles. The zero-order valence-electron chi connectivity index (χ0n) is 21.8. The van der Waals surface area contributed by atoms with Gasteiger partial charge >= 0.3 is 12.2 Å². The fourth-order valence-corrected chi connectivity index (χ4v) is 4.60. The Morgan fingerprint density at radius 1 is 0.902 bits per heavy atom. The van der Waals surface area contributed by atoms with Crippen LogP contribution in [0.3, 0.4) is 0 Å². The van der Waals surface area contributed by atoms with Crippen molar-refractivity contribution >= 4 is 22.6 Å². The first kappa shape index (κ1) is 27.6. The predicted molar refractivity (Wildman–Crippen MR) is 148 cm³/mol. The summed E-state index contributed by atoms with van der Waals surface area (Å²) in [5.74, 6) is -0.353. The molecule has 1 N–H and O–H groups in total. The number of nitrogens with one attached hydrogen (secondary N) is 1. The monoisotopic (exact) mass is 560 g/mol. The number of urea groups is 1. The number of fused-ring (bicyclic) bond motifs is 1. The lowest BCUT2D eigenvalue weighted by molar-refractivity contribution is -0.136. The van der Waals surface area contributed by atoms with Gasteiger partial charge in [-0.25, -0.2) is 14.2 Å². The van der Waals surface area contributed by atoms with Gasteiger partial charge in [-0.3, -0.25) is 9.36 Å². The normalized spacial score (nSPS) is 12.2. The zero-order chi connectivity index (χ0) is 29.1. The Morgan fingerprint density at radius 3 is 2.24 bits per heavy atom. The second kappa shape index (κ2) is 11.2. The van der Waals surface area contributed by atoms with Crippen molar-refractivity contribution < 1.29 is 22.4 Å². The zero-order valence-corrected chi connectivity index (χ0v) is 21.8. The van der Waals surface area contributed by atoms with Crippen molar-refractivity contribution in [2.75, 3.05) is 5.32 Å². The van der Waals surface area contributed by atoms with E-state index in [4.69, 9.17) is 4.98 Å². The van der Waals surface area contributed by atoms with Crippen molar-refractivity contribution in [3.05, 3.63) is 136 Å². The molecule has 0 saturated carbocycles. The van der Waals surface area contributed by atoms with Gasteiger partial charge in [0.05, 0.1) is 33.9 Å². The number of rotatable bonds is 6. The molecule has 4 aromatic carbocycles. The Balaban J connectivity index is 1.65. The Hall–Kier alpha value is -4.99. The average Bonchev–Trinajstić information content (AvgIpc) is 2.96. The fraction of sp³-hybridized carbons (Fsp3) is 0.129. The molecule has 10 heteroatoms. The minimum atomic E-state index is -4.69. The van der Waals surface area contributed by atoms with E-state index >= 15 is 0 Å². The van der Waals surface area contributed by atoms with Crippen LogP contribution in [-0.4, -0.2) is 20.5 Å². The maximum absolute atomic E-state index is 13.8. The van der Waals surface area contributed by atoms with Gasteiger partial charge in [0.15, 0.2) is 0 Å². The number of hydrogen-bond donors (Lipinski definition) is 1. The van der Waals surface area contributed by atoms with Crippen LogP contribution in [0.4, 0.5) is 28.0 Å². The van der Waals surface area contributed by atoms with Crippen LogP contribution in [0.15, 0.2) is 108 Å².